The van der Waals surface area contributed by atoms with Gasteiger partial charge in [0.15, 0.2) is 5.82 Å². The van der Waals surface area contributed by atoms with Crippen molar-refractivity contribution in [3.63, 3.8) is 0 Å². The number of aryl methyl sites for hydroxylation is 3. The summed E-state index contributed by atoms with van der Waals surface area (Å²) in [7, 11) is 1.67. The number of rotatable bonds is 8. The fourth-order valence-corrected chi connectivity index (χ4v) is 12.1. The lowest BCUT2D eigenvalue weighted by atomic mass is 9.69. The van der Waals surface area contributed by atoms with Crippen molar-refractivity contribution in [2.24, 2.45) is 4.99 Å². The normalized spacial score (nSPS) is 20.9. The van der Waals surface area contributed by atoms with Crippen LogP contribution in [0.1, 0.15) is 105 Å². The molecule has 2 N–H and O–H groups in total. The van der Waals surface area contributed by atoms with Gasteiger partial charge in [-0.1, -0.05) is 36.4 Å². The smallest absolute Gasteiger partial charge is 0.416 e. The van der Waals surface area contributed by atoms with E-state index in [4.69, 9.17) is 9.73 Å². The van der Waals surface area contributed by atoms with Crippen molar-refractivity contribution in [2.45, 2.75) is 83.0 Å². The van der Waals surface area contributed by atoms with Gasteiger partial charge in [-0.05, 0) is 124 Å². The average Bonchev–Trinajstić information content (AvgIpc) is 3.80. The molecule has 0 bridgehead atoms. The zero-order valence-corrected chi connectivity index (χ0v) is 38.9. The van der Waals surface area contributed by atoms with Gasteiger partial charge in [-0.3, -0.25) is 14.5 Å². The molecule has 0 unspecified atom stereocenters. The van der Waals surface area contributed by atoms with Crippen molar-refractivity contribution in [3.8, 4) is 16.5 Å². The second kappa shape index (κ2) is 17.2. The molecule has 2 aromatic heterocycles. The third-order valence-corrected chi connectivity index (χ3v) is 15.8. The number of aliphatic imine (C=N–C) groups is 1. The SMILES string of the molecule is COc1cc(N2CCN(CC3(O)CCN(c4ccc(C5=N[C@@H](C)c6nnc(C)n6-c6sc(C)c(C)c65)cc4)CC3)CC2)ccc1[C@@H]1c2ccc(O)cc2CC[C@@H]1c1ccc(C(F)(F)F)cc1. The molecule has 0 amide bonds. The number of anilines is 2. The molecule has 4 aromatic carbocycles. The summed E-state index contributed by atoms with van der Waals surface area (Å²) in [4.78, 5) is 13.6. The highest BCUT2D eigenvalue weighted by Crippen LogP contribution is 2.50. The number of nitrogens with zero attached hydrogens (tertiary/aromatic N) is 7. The van der Waals surface area contributed by atoms with Crippen molar-refractivity contribution in [1.82, 2.24) is 19.7 Å². The molecule has 2 saturated heterocycles. The molecule has 1 aliphatic carbocycles. The first kappa shape index (κ1) is 44.2. The number of aliphatic hydroxyl groups is 1. The van der Waals surface area contributed by atoms with Gasteiger partial charge < -0.3 is 24.7 Å². The van der Waals surface area contributed by atoms with E-state index in [-0.39, 0.29) is 23.6 Å². The van der Waals surface area contributed by atoms with Gasteiger partial charge in [-0.15, -0.1) is 21.5 Å². The minimum Gasteiger partial charge on any atom is -0.508 e. The van der Waals surface area contributed by atoms with E-state index >= 15 is 0 Å². The Morgan fingerprint density at radius 2 is 1.50 bits per heavy atom. The van der Waals surface area contributed by atoms with Gasteiger partial charge in [-0.25, -0.2) is 0 Å². The molecule has 4 aliphatic rings. The number of methoxy groups -OCH3 is 1. The first-order valence-corrected chi connectivity index (χ1v) is 23.8. The summed E-state index contributed by atoms with van der Waals surface area (Å²) in [5.41, 5.74) is 9.10. The number of phenols is 1. The Bertz CT molecular complexity index is 2790. The summed E-state index contributed by atoms with van der Waals surface area (Å²) in [6.45, 7) is 13.8. The van der Waals surface area contributed by atoms with Crippen LogP contribution >= 0.6 is 11.3 Å². The zero-order valence-electron chi connectivity index (χ0n) is 38.1. The Hall–Kier alpha value is -5.70. The highest BCUT2D eigenvalue weighted by Gasteiger charge is 2.38. The summed E-state index contributed by atoms with van der Waals surface area (Å²) < 4.78 is 48.8. The van der Waals surface area contributed by atoms with Crippen LogP contribution in [0.5, 0.6) is 11.5 Å². The van der Waals surface area contributed by atoms with Gasteiger partial charge in [0.05, 0.1) is 24.0 Å². The second-order valence-electron chi connectivity index (χ2n) is 18.6. The molecule has 10 nitrogen and oxygen atoms in total. The highest BCUT2D eigenvalue weighted by atomic mass is 32.1. The first-order valence-electron chi connectivity index (χ1n) is 23.0. The van der Waals surface area contributed by atoms with Crippen LogP contribution in [0.3, 0.4) is 0 Å². The van der Waals surface area contributed by atoms with Crippen molar-refractivity contribution >= 4 is 28.4 Å². The molecule has 5 heterocycles. The maximum atomic E-state index is 13.5. The van der Waals surface area contributed by atoms with E-state index in [0.717, 1.165) is 119 Å². The minimum absolute atomic E-state index is 0.0822. The Morgan fingerprint density at radius 1 is 0.818 bits per heavy atom. The van der Waals surface area contributed by atoms with Gasteiger partial charge in [0.1, 0.15) is 28.4 Å². The molecule has 10 rings (SSSR count). The number of alkyl halides is 3. The molecule has 14 heteroatoms. The van der Waals surface area contributed by atoms with Crippen molar-refractivity contribution in [1.29, 1.82) is 0 Å². The molecular formula is C52H56F3N7O3S. The Kier molecular flexibility index (Phi) is 11.5. The number of piperazine rings is 1. The number of piperidine rings is 1. The molecule has 3 aliphatic heterocycles. The van der Waals surface area contributed by atoms with Crippen LogP contribution in [0.2, 0.25) is 0 Å². The fraction of sp³-hybridized carbons (Fsp3) is 0.404. The van der Waals surface area contributed by atoms with Gasteiger partial charge >= 0.3 is 6.18 Å². The molecular weight excluding hydrogens is 860 g/mol. The number of hydrogen-bond acceptors (Lipinski definition) is 10. The third-order valence-electron chi connectivity index (χ3n) is 14.6. The molecule has 0 radical (unpaired) electrons. The van der Waals surface area contributed by atoms with E-state index in [2.05, 4.69) is 92.7 Å². The lowest BCUT2D eigenvalue weighted by Crippen LogP contribution is -2.55. The van der Waals surface area contributed by atoms with E-state index in [9.17, 15) is 23.4 Å². The van der Waals surface area contributed by atoms with Gasteiger partial charge in [0.2, 0.25) is 0 Å². The highest BCUT2D eigenvalue weighted by molar-refractivity contribution is 7.15. The number of halogens is 3. The van der Waals surface area contributed by atoms with Crippen LogP contribution in [0.25, 0.3) is 5.00 Å². The number of phenolic OH excluding ortho intramolecular Hbond substituents is 1. The van der Waals surface area contributed by atoms with E-state index in [1.807, 2.05) is 13.0 Å². The molecule has 3 atom stereocenters. The minimum atomic E-state index is -4.41. The number of aromatic nitrogens is 3. The van der Waals surface area contributed by atoms with E-state index in [1.165, 1.54) is 22.6 Å². The first-order chi connectivity index (χ1) is 31.7. The van der Waals surface area contributed by atoms with Crippen LogP contribution in [-0.4, -0.2) is 94.1 Å². The van der Waals surface area contributed by atoms with Gasteiger partial charge in [0.25, 0.3) is 0 Å². The van der Waals surface area contributed by atoms with Crippen molar-refractivity contribution < 1.29 is 28.1 Å². The van der Waals surface area contributed by atoms with Crippen LogP contribution in [0.4, 0.5) is 24.5 Å². The number of thiophene rings is 1. The van der Waals surface area contributed by atoms with Crippen LogP contribution < -0.4 is 14.5 Å². The molecule has 2 fully saturated rings. The average molecular weight is 916 g/mol. The Labute approximate surface area is 388 Å². The molecule has 0 saturated carbocycles. The standard InChI is InChI=1S/C52H56F3N7O3S/c1-31-33(3)66-50-46(31)48(56-32(2)49-58-57-34(4)62(49)50)36-8-13-39(14-9-36)60-22-20-51(64,21-23-60)30-59-24-26-61(27-25-59)40-15-18-44(45(29-40)65-5)47-42(17-10-37-28-41(63)16-19-43(37)47)35-6-11-38(12-7-35)52(53,54)55/h6-9,11-16,18-19,28-29,32,42,47,63-64H,10,17,20-27,30H2,1-5H3/t32-,42+,47-/m0/s1. The lowest BCUT2D eigenvalue weighted by molar-refractivity contribution is -0.137. The molecule has 6 aromatic rings. The quantitative estimate of drug-likeness (QED) is 0.156. The van der Waals surface area contributed by atoms with E-state index in [1.54, 1.807) is 42.7 Å². The second-order valence-corrected chi connectivity index (χ2v) is 19.8. The van der Waals surface area contributed by atoms with Crippen molar-refractivity contribution in [2.75, 3.05) is 62.7 Å². The summed E-state index contributed by atoms with van der Waals surface area (Å²) >= 11 is 1.77. The zero-order chi connectivity index (χ0) is 46.1. The predicted octanol–water partition coefficient (Wildman–Crippen LogP) is 9.91. The third kappa shape index (κ3) is 8.15. The summed E-state index contributed by atoms with van der Waals surface area (Å²) in [6.07, 6.45) is -1.61. The summed E-state index contributed by atoms with van der Waals surface area (Å²) in [6, 6.07) is 25.9. The number of fused-ring (bicyclic) bond motifs is 4. The number of ether oxygens (including phenoxy) is 1. The van der Waals surface area contributed by atoms with Crippen LogP contribution in [0.15, 0.2) is 89.9 Å². The number of β-amino-alcohol motifs (C(OH)–C–C–N with tert-alkyl or cyclic N) is 1. The predicted molar refractivity (Wildman–Crippen MR) is 254 cm³/mol. The fourth-order valence-electron chi connectivity index (χ4n) is 10.9. The maximum absolute atomic E-state index is 13.5. The lowest BCUT2D eigenvalue weighted by Gasteiger charge is -2.44. The number of benzene rings is 4. The van der Waals surface area contributed by atoms with Crippen LogP contribution in [-0.2, 0) is 12.6 Å². The van der Waals surface area contributed by atoms with Crippen molar-refractivity contribution in [3.05, 3.63) is 146 Å². The monoisotopic (exact) mass is 915 g/mol. The molecule has 0 spiro atoms. The maximum Gasteiger partial charge on any atom is 0.416 e. The van der Waals surface area contributed by atoms with E-state index in [0.29, 0.717) is 25.8 Å². The van der Waals surface area contributed by atoms with Gasteiger partial charge in [0, 0.05) is 90.7 Å². The Morgan fingerprint density at radius 3 is 2.20 bits per heavy atom. The topological polar surface area (TPSA) is 102 Å². The summed E-state index contributed by atoms with van der Waals surface area (Å²) in [5, 5.41) is 32.2. The number of hydrogen-bond donors (Lipinski definition) is 2. The summed E-state index contributed by atoms with van der Waals surface area (Å²) in [5.74, 6) is 2.39. The number of aromatic hydroxyl groups is 1. The molecule has 66 heavy (non-hydrogen) atoms. The molecule has 344 valence electrons. The Balaban J connectivity index is 0.784. The van der Waals surface area contributed by atoms with E-state index < -0.39 is 17.3 Å². The van der Waals surface area contributed by atoms with Gasteiger partial charge in [-0.2, -0.15) is 13.2 Å². The van der Waals surface area contributed by atoms with Crippen LogP contribution in [0, 0.1) is 20.8 Å². The largest absolute Gasteiger partial charge is 0.508 e.